The van der Waals surface area contributed by atoms with Crippen LogP contribution < -0.4 is 0 Å². The molecular formula is C10H12F2O. The van der Waals surface area contributed by atoms with Crippen molar-refractivity contribution >= 4 is 0 Å². The Labute approximate surface area is 76.0 Å². The minimum Gasteiger partial charge on any atom is -0.505 e. The van der Waals surface area contributed by atoms with Gasteiger partial charge >= 0.3 is 0 Å². The normalized spacial score (nSPS) is 10.8. The molecule has 0 fully saturated rings. The van der Waals surface area contributed by atoms with Crippen LogP contribution in [0.15, 0.2) is 12.1 Å². The van der Waals surface area contributed by atoms with Gasteiger partial charge < -0.3 is 5.11 Å². The molecule has 0 bridgehead atoms. The Balaban J connectivity index is 3.10. The average molecular weight is 186 g/mol. The van der Waals surface area contributed by atoms with E-state index in [2.05, 4.69) is 0 Å². The van der Waals surface area contributed by atoms with Gasteiger partial charge in [-0.2, -0.15) is 0 Å². The fourth-order valence-electron chi connectivity index (χ4n) is 1.19. The molecular weight excluding hydrogens is 174 g/mol. The minimum absolute atomic E-state index is 0.0648. The number of hydrogen-bond acceptors (Lipinski definition) is 1. The van der Waals surface area contributed by atoms with E-state index in [1.165, 1.54) is 0 Å². The van der Waals surface area contributed by atoms with Gasteiger partial charge in [0.05, 0.1) is 0 Å². The highest BCUT2D eigenvalue weighted by Gasteiger charge is 2.13. The average Bonchev–Trinajstić information content (AvgIpc) is 2.05. The molecule has 0 aliphatic carbocycles. The van der Waals surface area contributed by atoms with E-state index in [-0.39, 0.29) is 11.5 Å². The molecule has 0 aromatic heterocycles. The van der Waals surface area contributed by atoms with Gasteiger partial charge in [-0.15, -0.1) is 0 Å². The van der Waals surface area contributed by atoms with Crippen LogP contribution in [0.25, 0.3) is 0 Å². The van der Waals surface area contributed by atoms with E-state index in [4.69, 9.17) is 0 Å². The lowest BCUT2D eigenvalue weighted by Gasteiger charge is -2.08. The number of halogens is 2. The molecule has 0 saturated heterocycles. The zero-order valence-corrected chi connectivity index (χ0v) is 7.64. The molecule has 0 atom stereocenters. The molecule has 0 aliphatic rings. The van der Waals surface area contributed by atoms with E-state index >= 15 is 0 Å². The molecule has 1 rings (SSSR count). The van der Waals surface area contributed by atoms with Crippen molar-refractivity contribution in [3.05, 3.63) is 29.3 Å². The van der Waals surface area contributed by atoms with Crippen LogP contribution in [-0.4, -0.2) is 5.11 Å². The fourth-order valence-corrected chi connectivity index (χ4v) is 1.19. The zero-order valence-electron chi connectivity index (χ0n) is 7.64. The minimum atomic E-state index is -0.767. The molecule has 1 aromatic carbocycles. The Morgan fingerprint density at radius 3 is 2.31 bits per heavy atom. The summed E-state index contributed by atoms with van der Waals surface area (Å²) in [4.78, 5) is 0. The predicted molar refractivity (Wildman–Crippen MR) is 46.6 cm³/mol. The predicted octanol–water partition coefficient (Wildman–Crippen LogP) is 2.87. The van der Waals surface area contributed by atoms with E-state index < -0.39 is 17.4 Å². The second-order valence-electron chi connectivity index (χ2n) is 3.45. The molecule has 0 saturated carbocycles. The first-order chi connectivity index (χ1) is 6.02. The van der Waals surface area contributed by atoms with Crippen LogP contribution >= 0.6 is 0 Å². The molecule has 1 N–H and O–H groups in total. The first kappa shape index (κ1) is 9.96. The molecule has 0 spiro atoms. The highest BCUT2D eigenvalue weighted by atomic mass is 19.1. The van der Waals surface area contributed by atoms with Crippen molar-refractivity contribution in [1.29, 1.82) is 0 Å². The molecule has 0 radical (unpaired) electrons. The molecule has 3 heteroatoms. The SMILES string of the molecule is CC(C)Cc1c(F)ccc(F)c1O. The van der Waals surface area contributed by atoms with Crippen LogP contribution in [0.2, 0.25) is 0 Å². The molecule has 0 heterocycles. The number of aromatic hydroxyl groups is 1. The van der Waals surface area contributed by atoms with Gasteiger partial charge in [-0.05, 0) is 24.5 Å². The van der Waals surface area contributed by atoms with E-state index in [9.17, 15) is 13.9 Å². The Morgan fingerprint density at radius 1 is 1.23 bits per heavy atom. The number of phenolic OH excluding ortho intramolecular Hbond substituents is 1. The third-order valence-corrected chi connectivity index (χ3v) is 1.79. The molecule has 0 unspecified atom stereocenters. The molecule has 72 valence electrons. The van der Waals surface area contributed by atoms with Gasteiger partial charge in [0.1, 0.15) is 5.82 Å². The van der Waals surface area contributed by atoms with Crippen molar-refractivity contribution in [2.75, 3.05) is 0 Å². The summed E-state index contributed by atoms with van der Waals surface area (Å²) in [6.07, 6.45) is 0.343. The lowest BCUT2D eigenvalue weighted by molar-refractivity contribution is 0.412. The second-order valence-corrected chi connectivity index (χ2v) is 3.45. The van der Waals surface area contributed by atoms with Crippen molar-refractivity contribution in [1.82, 2.24) is 0 Å². The van der Waals surface area contributed by atoms with E-state index in [1.807, 2.05) is 13.8 Å². The summed E-state index contributed by atoms with van der Waals surface area (Å²) in [6.45, 7) is 3.76. The van der Waals surface area contributed by atoms with Crippen molar-refractivity contribution in [3.63, 3.8) is 0 Å². The molecule has 0 amide bonds. The maximum Gasteiger partial charge on any atom is 0.165 e. The van der Waals surface area contributed by atoms with Crippen LogP contribution in [0.3, 0.4) is 0 Å². The Kier molecular flexibility index (Phi) is 2.86. The standard InChI is InChI=1S/C10H12F2O/c1-6(2)5-7-8(11)3-4-9(12)10(7)13/h3-4,6,13H,5H2,1-2H3. The third-order valence-electron chi connectivity index (χ3n) is 1.79. The summed E-state index contributed by atoms with van der Waals surface area (Å²) in [5, 5.41) is 9.21. The van der Waals surface area contributed by atoms with Crippen LogP contribution in [0.1, 0.15) is 19.4 Å². The van der Waals surface area contributed by atoms with Gasteiger partial charge in [-0.25, -0.2) is 8.78 Å². The molecule has 13 heavy (non-hydrogen) atoms. The van der Waals surface area contributed by atoms with Gasteiger partial charge in [-0.1, -0.05) is 13.8 Å². The van der Waals surface area contributed by atoms with Gasteiger partial charge in [0, 0.05) is 5.56 Å². The second kappa shape index (κ2) is 3.73. The third kappa shape index (κ3) is 2.17. The van der Waals surface area contributed by atoms with Crippen LogP contribution in [0, 0.1) is 17.6 Å². The Morgan fingerprint density at radius 2 is 1.77 bits per heavy atom. The number of phenols is 1. The van der Waals surface area contributed by atoms with Crippen LogP contribution in [0.5, 0.6) is 5.75 Å². The fraction of sp³-hybridized carbons (Fsp3) is 0.400. The Bertz CT molecular complexity index is 308. The number of rotatable bonds is 2. The van der Waals surface area contributed by atoms with E-state index in [0.717, 1.165) is 12.1 Å². The summed E-state index contributed by atoms with van der Waals surface area (Å²) in [6, 6.07) is 1.96. The van der Waals surface area contributed by atoms with Gasteiger partial charge in [-0.3, -0.25) is 0 Å². The first-order valence-corrected chi connectivity index (χ1v) is 4.18. The highest BCUT2D eigenvalue weighted by molar-refractivity contribution is 5.35. The summed E-state index contributed by atoms with van der Waals surface area (Å²) >= 11 is 0. The molecule has 1 aromatic rings. The lowest BCUT2D eigenvalue weighted by Crippen LogP contribution is -1.99. The molecule has 0 aliphatic heterocycles. The summed E-state index contributed by atoms with van der Waals surface area (Å²) < 4.78 is 25.9. The van der Waals surface area contributed by atoms with Gasteiger partial charge in [0.15, 0.2) is 11.6 Å². The van der Waals surface area contributed by atoms with Crippen molar-refractivity contribution in [2.24, 2.45) is 5.92 Å². The van der Waals surface area contributed by atoms with Crippen LogP contribution in [-0.2, 0) is 6.42 Å². The van der Waals surface area contributed by atoms with Gasteiger partial charge in [0.25, 0.3) is 0 Å². The van der Waals surface area contributed by atoms with Crippen molar-refractivity contribution in [3.8, 4) is 5.75 Å². The number of benzene rings is 1. The largest absolute Gasteiger partial charge is 0.505 e. The molecule has 1 nitrogen and oxygen atoms in total. The quantitative estimate of drug-likeness (QED) is 0.752. The van der Waals surface area contributed by atoms with Crippen LogP contribution in [0.4, 0.5) is 8.78 Å². The highest BCUT2D eigenvalue weighted by Crippen LogP contribution is 2.26. The summed E-state index contributed by atoms with van der Waals surface area (Å²) in [7, 11) is 0. The smallest absolute Gasteiger partial charge is 0.165 e. The number of hydrogen-bond donors (Lipinski definition) is 1. The Hall–Kier alpha value is -1.12. The maximum atomic E-state index is 13.1. The zero-order chi connectivity index (χ0) is 10.0. The van der Waals surface area contributed by atoms with E-state index in [0.29, 0.717) is 6.42 Å². The maximum absolute atomic E-state index is 13.1. The van der Waals surface area contributed by atoms with E-state index in [1.54, 1.807) is 0 Å². The lowest BCUT2D eigenvalue weighted by atomic mass is 10.0. The topological polar surface area (TPSA) is 20.2 Å². The van der Waals surface area contributed by atoms with Gasteiger partial charge in [0.2, 0.25) is 0 Å². The van der Waals surface area contributed by atoms with Crippen molar-refractivity contribution < 1.29 is 13.9 Å². The monoisotopic (exact) mass is 186 g/mol. The van der Waals surface area contributed by atoms with Crippen molar-refractivity contribution in [2.45, 2.75) is 20.3 Å². The summed E-state index contributed by atoms with van der Waals surface area (Å²) in [5.74, 6) is -1.69. The summed E-state index contributed by atoms with van der Waals surface area (Å²) in [5.41, 5.74) is 0.0648. The first-order valence-electron chi connectivity index (χ1n) is 4.18.